The van der Waals surface area contributed by atoms with Crippen molar-refractivity contribution in [2.45, 2.75) is 44.2 Å². The van der Waals surface area contributed by atoms with E-state index in [2.05, 4.69) is 10.6 Å². The second-order valence-electron chi connectivity index (χ2n) is 11.8. The Bertz CT molecular complexity index is 1470. The van der Waals surface area contributed by atoms with Gasteiger partial charge in [-0.1, -0.05) is 45.0 Å². The van der Waals surface area contributed by atoms with Crippen molar-refractivity contribution in [1.29, 1.82) is 0 Å². The molecule has 45 heavy (non-hydrogen) atoms. The molecule has 1 aliphatic heterocycles. The number of hydrogen-bond donors (Lipinski definition) is 4. The largest absolute Gasteiger partial charge is 0.484 e. The Hall–Kier alpha value is -4.00. The van der Waals surface area contributed by atoms with Gasteiger partial charge in [0.25, 0.3) is 5.91 Å². The van der Waals surface area contributed by atoms with E-state index in [1.165, 1.54) is 60.3 Å². The van der Waals surface area contributed by atoms with Crippen LogP contribution in [0.1, 0.15) is 44.0 Å². The minimum Gasteiger partial charge on any atom is -0.484 e. The summed E-state index contributed by atoms with van der Waals surface area (Å²) < 4.78 is 32.5. The van der Waals surface area contributed by atoms with Crippen LogP contribution in [-0.4, -0.2) is 64.7 Å². The first kappa shape index (κ1) is 33.9. The number of hydrogen-bond acceptors (Lipinski definition) is 7. The Balaban J connectivity index is 1.37. The Kier molecular flexibility index (Phi) is 11.2. The number of β-lactam (4-membered cyclic amide) rings is 1. The van der Waals surface area contributed by atoms with Gasteiger partial charge in [0.05, 0.1) is 31.3 Å². The van der Waals surface area contributed by atoms with E-state index in [-0.39, 0.29) is 36.8 Å². The number of thioether (sulfide) groups is 1. The van der Waals surface area contributed by atoms with Gasteiger partial charge in [-0.05, 0) is 65.1 Å². The van der Waals surface area contributed by atoms with E-state index in [1.807, 2.05) is 20.8 Å². The van der Waals surface area contributed by atoms with Crippen LogP contribution in [0.2, 0.25) is 0 Å². The van der Waals surface area contributed by atoms with Crippen molar-refractivity contribution in [3.63, 3.8) is 0 Å². The van der Waals surface area contributed by atoms with Crippen molar-refractivity contribution < 1.29 is 38.1 Å². The van der Waals surface area contributed by atoms with Crippen LogP contribution < -0.4 is 20.3 Å². The van der Waals surface area contributed by atoms with Gasteiger partial charge in [0, 0.05) is 11.4 Å². The number of nitrogens with one attached hydrogen (secondary N) is 2. The molecule has 0 aliphatic carbocycles. The molecule has 3 aromatic carbocycles. The van der Waals surface area contributed by atoms with Gasteiger partial charge >= 0.3 is 0 Å². The van der Waals surface area contributed by atoms with E-state index in [9.17, 15) is 33.4 Å². The van der Waals surface area contributed by atoms with Gasteiger partial charge in [-0.25, -0.2) is 8.78 Å². The van der Waals surface area contributed by atoms with Crippen LogP contribution in [0.25, 0.3) is 0 Å². The Morgan fingerprint density at radius 2 is 1.56 bits per heavy atom. The van der Waals surface area contributed by atoms with Gasteiger partial charge in [0.15, 0.2) is 6.61 Å². The average Bonchev–Trinajstić information content (AvgIpc) is 3.01. The smallest absolute Gasteiger partial charge is 0.258 e. The molecule has 3 aromatic rings. The average molecular weight is 642 g/mol. The van der Waals surface area contributed by atoms with Crippen molar-refractivity contribution in [1.82, 2.24) is 10.6 Å². The lowest BCUT2D eigenvalue weighted by Gasteiger charge is -2.47. The fourth-order valence-corrected chi connectivity index (χ4v) is 6.04. The molecule has 0 spiro atoms. The highest BCUT2D eigenvalue weighted by Crippen LogP contribution is 2.46. The molecule has 3 amide bonds. The van der Waals surface area contributed by atoms with Gasteiger partial charge in [0.2, 0.25) is 11.8 Å². The summed E-state index contributed by atoms with van der Waals surface area (Å²) in [6, 6.07) is 17.1. The second-order valence-corrected chi connectivity index (χ2v) is 12.9. The quantitative estimate of drug-likeness (QED) is 0.209. The molecule has 1 aliphatic rings. The van der Waals surface area contributed by atoms with E-state index in [1.54, 1.807) is 29.2 Å². The SMILES string of the molecule is CC(C)(C)[C@H](CO)NC(=O)CNC(=O)COc1ccc([C@@H]2[C@@H](SCC(O)c3ccc(F)cc3)C(=O)N2c2ccc(F)cc2)cc1. The molecule has 1 heterocycles. The highest BCUT2D eigenvalue weighted by Gasteiger charge is 2.49. The van der Waals surface area contributed by atoms with E-state index >= 15 is 0 Å². The molecule has 9 nitrogen and oxygen atoms in total. The molecule has 4 rings (SSSR count). The van der Waals surface area contributed by atoms with Crippen LogP contribution in [-0.2, 0) is 14.4 Å². The number of rotatable bonds is 13. The first-order chi connectivity index (χ1) is 21.4. The van der Waals surface area contributed by atoms with Gasteiger partial charge in [-0.3, -0.25) is 14.4 Å². The van der Waals surface area contributed by atoms with Crippen LogP contribution in [0.4, 0.5) is 14.5 Å². The summed E-state index contributed by atoms with van der Waals surface area (Å²) in [5.74, 6) is -1.39. The molecule has 0 radical (unpaired) electrons. The van der Waals surface area contributed by atoms with E-state index in [4.69, 9.17) is 4.74 Å². The first-order valence-corrected chi connectivity index (χ1v) is 15.5. The fraction of sp³-hybridized carbons (Fsp3) is 0.364. The zero-order chi connectivity index (χ0) is 32.7. The Morgan fingerprint density at radius 3 is 2.13 bits per heavy atom. The molecule has 0 bridgehead atoms. The third-order valence-electron chi connectivity index (χ3n) is 7.44. The third-order valence-corrected chi connectivity index (χ3v) is 8.77. The van der Waals surface area contributed by atoms with E-state index < -0.39 is 46.9 Å². The maximum atomic E-state index is 13.6. The molecular formula is C33H37F2N3O6S. The van der Waals surface area contributed by atoms with Crippen molar-refractivity contribution in [3.8, 4) is 5.75 Å². The number of ether oxygens (including phenoxy) is 1. The second kappa shape index (κ2) is 14.9. The third kappa shape index (κ3) is 8.80. The number of carbonyl (C=O) groups excluding carboxylic acids is 3. The maximum Gasteiger partial charge on any atom is 0.258 e. The summed E-state index contributed by atoms with van der Waals surface area (Å²) in [4.78, 5) is 39.3. The van der Waals surface area contributed by atoms with Crippen LogP contribution in [0.15, 0.2) is 72.8 Å². The number of aliphatic hydroxyl groups is 2. The van der Waals surface area contributed by atoms with Gasteiger partial charge < -0.3 is 30.5 Å². The number of halogens is 2. The predicted molar refractivity (Wildman–Crippen MR) is 168 cm³/mol. The molecule has 4 N–H and O–H groups in total. The molecule has 4 atom stereocenters. The molecule has 1 saturated heterocycles. The number of aliphatic hydroxyl groups excluding tert-OH is 2. The standard InChI is InChI=1S/C33H37F2N3O6S/c1-33(2,3)27(17-39)37-28(41)16-36-29(42)18-44-25-14-6-21(7-15-25)30-31(32(43)38(30)24-12-10-23(35)11-13-24)45-19-26(40)20-4-8-22(34)9-5-20/h4-15,26-27,30-31,39-40H,16-19H2,1-3H3,(H,36,42)(H,37,41)/t26?,27-,30+,31+/m0/s1. The normalized spacial score (nSPS) is 17.7. The monoisotopic (exact) mass is 641 g/mol. The van der Waals surface area contributed by atoms with Crippen LogP contribution in [0, 0.1) is 17.0 Å². The van der Waals surface area contributed by atoms with Crippen molar-refractivity contribution >= 4 is 35.2 Å². The van der Waals surface area contributed by atoms with Gasteiger partial charge in [-0.2, -0.15) is 0 Å². The fourth-order valence-electron chi connectivity index (χ4n) is 4.74. The van der Waals surface area contributed by atoms with Crippen molar-refractivity contribution in [2.24, 2.45) is 5.41 Å². The van der Waals surface area contributed by atoms with Crippen LogP contribution in [0.5, 0.6) is 5.75 Å². The molecule has 12 heteroatoms. The summed E-state index contributed by atoms with van der Waals surface area (Å²) in [6.07, 6.45) is -0.911. The Labute approximate surface area is 265 Å². The molecular weight excluding hydrogens is 604 g/mol. The summed E-state index contributed by atoms with van der Waals surface area (Å²) in [7, 11) is 0. The van der Waals surface area contributed by atoms with Crippen molar-refractivity contribution in [2.75, 3.05) is 30.4 Å². The lowest BCUT2D eigenvalue weighted by atomic mass is 9.87. The number of amides is 3. The van der Waals surface area contributed by atoms with E-state index in [0.717, 1.165) is 5.56 Å². The summed E-state index contributed by atoms with van der Waals surface area (Å²) in [5, 5.41) is 24.8. The first-order valence-electron chi connectivity index (χ1n) is 14.4. The maximum absolute atomic E-state index is 13.6. The zero-order valence-corrected chi connectivity index (χ0v) is 26.0. The highest BCUT2D eigenvalue weighted by atomic mass is 32.2. The lowest BCUT2D eigenvalue weighted by molar-refractivity contribution is -0.128. The van der Waals surface area contributed by atoms with Gasteiger partial charge in [0.1, 0.15) is 22.6 Å². The van der Waals surface area contributed by atoms with Crippen LogP contribution in [0.3, 0.4) is 0 Å². The number of carbonyl (C=O) groups is 3. The number of nitrogens with zero attached hydrogens (tertiary/aromatic N) is 1. The summed E-state index contributed by atoms with van der Waals surface area (Å²) in [5.41, 5.74) is 1.47. The molecule has 0 aromatic heterocycles. The molecule has 1 fully saturated rings. The molecule has 240 valence electrons. The predicted octanol–water partition coefficient (Wildman–Crippen LogP) is 3.91. The lowest BCUT2D eigenvalue weighted by Crippen LogP contribution is -2.57. The number of benzene rings is 3. The van der Waals surface area contributed by atoms with Crippen molar-refractivity contribution in [3.05, 3.63) is 95.6 Å². The summed E-state index contributed by atoms with van der Waals surface area (Å²) >= 11 is 1.28. The number of anilines is 1. The Morgan fingerprint density at radius 1 is 0.956 bits per heavy atom. The molecule has 0 saturated carbocycles. The summed E-state index contributed by atoms with van der Waals surface area (Å²) in [6.45, 7) is 4.82. The topological polar surface area (TPSA) is 128 Å². The highest BCUT2D eigenvalue weighted by molar-refractivity contribution is 8.00. The van der Waals surface area contributed by atoms with Crippen LogP contribution >= 0.6 is 11.8 Å². The van der Waals surface area contributed by atoms with Gasteiger partial charge in [-0.15, -0.1) is 11.8 Å². The van der Waals surface area contributed by atoms with E-state index in [0.29, 0.717) is 17.0 Å². The molecule has 1 unspecified atom stereocenters. The minimum atomic E-state index is -0.911. The minimum absolute atomic E-state index is 0.195. The zero-order valence-electron chi connectivity index (χ0n) is 25.2.